The third kappa shape index (κ3) is 3.91. The molecule has 0 unspecified atom stereocenters. The Hall–Kier alpha value is 0.766. The average molecular weight is 276 g/mol. The fourth-order valence-corrected chi connectivity index (χ4v) is 2.15. The maximum absolute atomic E-state index is 4.99. The fourth-order valence-electron chi connectivity index (χ4n) is 1.79. The van der Waals surface area contributed by atoms with Gasteiger partial charge in [0.05, 0.1) is 0 Å². The van der Waals surface area contributed by atoms with Gasteiger partial charge in [0.15, 0.2) is 0 Å². The van der Waals surface area contributed by atoms with Gasteiger partial charge in [0.2, 0.25) is 0 Å². The van der Waals surface area contributed by atoms with Gasteiger partial charge in [0.1, 0.15) is 0 Å². The van der Waals surface area contributed by atoms with Gasteiger partial charge in [-0.2, -0.15) is 0 Å². The summed E-state index contributed by atoms with van der Waals surface area (Å²) < 4.78 is 0.600. The van der Waals surface area contributed by atoms with Crippen molar-refractivity contribution >= 4 is 34.9 Å². The van der Waals surface area contributed by atoms with Crippen molar-refractivity contribution in [2.24, 2.45) is 0 Å². The normalized spacial score (nSPS) is 15.5. The van der Waals surface area contributed by atoms with Crippen LogP contribution in [0.3, 0.4) is 0 Å². The number of benzene rings is 1. The number of piperazine rings is 1. The smallest absolute Gasteiger partial charge is 0.411 e. The number of rotatable bonds is 1. The van der Waals surface area contributed by atoms with Crippen molar-refractivity contribution in [1.82, 2.24) is 4.90 Å². The van der Waals surface area contributed by atoms with Gasteiger partial charge in [-0.25, -0.2) is 0 Å². The van der Waals surface area contributed by atoms with Crippen molar-refractivity contribution in [1.29, 1.82) is 0 Å². The first kappa shape index (κ1) is 14.8. The summed E-state index contributed by atoms with van der Waals surface area (Å²) in [4.78, 5) is 4.45. The van der Waals surface area contributed by atoms with Crippen LogP contribution in [0, 0.1) is 0 Å². The molecule has 5 heteroatoms. The third-order valence-electron chi connectivity index (χ3n) is 2.66. The van der Waals surface area contributed by atoms with E-state index in [1.165, 1.54) is 5.69 Å². The molecule has 16 heavy (non-hydrogen) atoms. The fraction of sp³-hybridized carbons (Fsp3) is 0.364. The predicted octanol–water partition coefficient (Wildman–Crippen LogP) is -1.36. The van der Waals surface area contributed by atoms with Crippen molar-refractivity contribution in [2.75, 3.05) is 31.1 Å². The van der Waals surface area contributed by atoms with Gasteiger partial charge in [-0.05, 0) is 12.1 Å². The van der Waals surface area contributed by atoms with E-state index >= 15 is 0 Å². The second kappa shape index (κ2) is 7.26. The van der Waals surface area contributed by atoms with E-state index < -0.39 is 0 Å². The quantitative estimate of drug-likeness (QED) is 0.355. The second-order valence-corrected chi connectivity index (χ2v) is 4.61. The van der Waals surface area contributed by atoms with Crippen molar-refractivity contribution in [2.45, 2.75) is 0 Å². The van der Waals surface area contributed by atoms with Crippen LogP contribution in [0.2, 0.25) is 0 Å². The average Bonchev–Trinajstić information content (AvgIpc) is 2.30. The van der Waals surface area contributed by atoms with Gasteiger partial charge in [0, 0.05) is 31.9 Å². The molecular formula is C11H13KN2S2. The molecule has 0 spiro atoms. The van der Waals surface area contributed by atoms with E-state index in [2.05, 4.69) is 34.1 Å². The number of nitrogens with zero attached hydrogens (tertiary/aromatic N) is 2. The summed E-state index contributed by atoms with van der Waals surface area (Å²) in [5.74, 6) is 0. The minimum absolute atomic E-state index is 0. The minimum atomic E-state index is 0. The van der Waals surface area contributed by atoms with Gasteiger partial charge >= 0.3 is 51.4 Å². The van der Waals surface area contributed by atoms with Gasteiger partial charge in [-0.1, -0.05) is 22.5 Å². The van der Waals surface area contributed by atoms with Crippen LogP contribution in [0.4, 0.5) is 5.69 Å². The van der Waals surface area contributed by atoms with E-state index in [9.17, 15) is 0 Å². The molecule has 1 aliphatic rings. The zero-order valence-electron chi connectivity index (χ0n) is 9.43. The van der Waals surface area contributed by atoms with Crippen LogP contribution >= 0.6 is 12.2 Å². The molecule has 2 nitrogen and oxygen atoms in total. The molecule has 0 atom stereocenters. The Morgan fingerprint density at radius 3 is 2.12 bits per heavy atom. The molecule has 0 amide bonds. The third-order valence-corrected chi connectivity index (χ3v) is 3.18. The molecule has 1 heterocycles. The predicted molar refractivity (Wildman–Crippen MR) is 70.2 cm³/mol. The summed E-state index contributed by atoms with van der Waals surface area (Å²) in [6.07, 6.45) is 0. The molecule has 0 radical (unpaired) electrons. The summed E-state index contributed by atoms with van der Waals surface area (Å²) >= 11 is 9.99. The number of thiocarbonyl (C=S) groups is 1. The van der Waals surface area contributed by atoms with Crippen LogP contribution in [0.25, 0.3) is 0 Å². The van der Waals surface area contributed by atoms with Crippen LogP contribution in [-0.4, -0.2) is 35.4 Å². The monoisotopic (exact) mass is 276 g/mol. The van der Waals surface area contributed by atoms with Crippen molar-refractivity contribution in [3.63, 3.8) is 0 Å². The summed E-state index contributed by atoms with van der Waals surface area (Å²) in [5.41, 5.74) is 1.28. The summed E-state index contributed by atoms with van der Waals surface area (Å²) in [6, 6.07) is 10.5. The van der Waals surface area contributed by atoms with E-state index in [1.54, 1.807) is 0 Å². The zero-order valence-corrected chi connectivity index (χ0v) is 14.2. The SMILES string of the molecule is S=C([S-])N1CCN(c2ccccc2)CC1.[K+]. The summed E-state index contributed by atoms with van der Waals surface area (Å²) in [6.45, 7) is 3.88. The molecule has 2 rings (SSSR count). The molecule has 1 saturated heterocycles. The van der Waals surface area contributed by atoms with E-state index in [0.29, 0.717) is 4.32 Å². The van der Waals surface area contributed by atoms with Crippen LogP contribution in [-0.2, 0) is 12.6 Å². The Bertz CT molecular complexity index is 337. The standard InChI is InChI=1S/C11H14N2S2.K/c14-11(15)13-8-6-12(7-9-13)10-4-2-1-3-5-10;/h1-5H,6-9H2,(H,14,15);/q;+1/p-1. The molecule has 1 aromatic rings. The largest absolute Gasteiger partial charge is 1.00 e. The molecule has 0 N–H and O–H groups in total. The summed E-state index contributed by atoms with van der Waals surface area (Å²) in [7, 11) is 0. The van der Waals surface area contributed by atoms with Gasteiger partial charge in [0.25, 0.3) is 0 Å². The number of hydrogen-bond donors (Lipinski definition) is 0. The Kier molecular flexibility index (Phi) is 6.72. The molecule has 1 aromatic carbocycles. The molecule has 0 bridgehead atoms. The molecule has 80 valence electrons. The van der Waals surface area contributed by atoms with E-state index in [-0.39, 0.29) is 51.4 Å². The van der Waals surface area contributed by atoms with Crippen LogP contribution in [0.15, 0.2) is 30.3 Å². The number of anilines is 1. The van der Waals surface area contributed by atoms with Crippen molar-refractivity contribution < 1.29 is 51.4 Å². The Balaban J connectivity index is 0.00000128. The van der Waals surface area contributed by atoms with Crippen LogP contribution in [0.1, 0.15) is 0 Å². The van der Waals surface area contributed by atoms with E-state index in [4.69, 9.17) is 24.8 Å². The molecule has 0 aliphatic carbocycles. The van der Waals surface area contributed by atoms with E-state index in [0.717, 1.165) is 26.2 Å². The first-order chi connectivity index (χ1) is 7.27. The van der Waals surface area contributed by atoms with Crippen LogP contribution < -0.4 is 56.3 Å². The number of hydrogen-bond acceptors (Lipinski definition) is 3. The first-order valence-corrected chi connectivity index (χ1v) is 5.85. The Labute approximate surface area is 150 Å². The molecule has 1 fully saturated rings. The van der Waals surface area contributed by atoms with E-state index in [1.807, 2.05) is 6.07 Å². The van der Waals surface area contributed by atoms with Gasteiger partial charge in [-0.3, -0.25) is 0 Å². The number of para-hydroxylation sites is 1. The molecule has 1 aliphatic heterocycles. The van der Waals surface area contributed by atoms with Crippen molar-refractivity contribution in [3.05, 3.63) is 30.3 Å². The molecular weight excluding hydrogens is 263 g/mol. The second-order valence-electron chi connectivity index (χ2n) is 3.58. The maximum atomic E-state index is 4.99. The van der Waals surface area contributed by atoms with Crippen molar-refractivity contribution in [3.8, 4) is 0 Å². The molecule has 0 saturated carbocycles. The Morgan fingerprint density at radius 1 is 1.06 bits per heavy atom. The topological polar surface area (TPSA) is 6.48 Å². The van der Waals surface area contributed by atoms with Crippen LogP contribution in [0.5, 0.6) is 0 Å². The first-order valence-electron chi connectivity index (χ1n) is 5.03. The Morgan fingerprint density at radius 2 is 1.62 bits per heavy atom. The van der Waals surface area contributed by atoms with Gasteiger partial charge in [-0.15, -0.1) is 0 Å². The van der Waals surface area contributed by atoms with Gasteiger partial charge < -0.3 is 34.6 Å². The summed E-state index contributed by atoms with van der Waals surface area (Å²) in [5, 5.41) is 0. The minimum Gasteiger partial charge on any atom is -0.411 e. The molecule has 0 aromatic heterocycles. The maximum Gasteiger partial charge on any atom is 1.00 e. The zero-order chi connectivity index (χ0) is 10.7.